The van der Waals surface area contributed by atoms with Crippen molar-refractivity contribution < 1.29 is 13.6 Å². The number of nitrogens with one attached hydrogen (secondary N) is 1. The van der Waals surface area contributed by atoms with Crippen molar-refractivity contribution in [3.63, 3.8) is 0 Å². The minimum absolute atomic E-state index is 0.0201. The number of aromatic amines is 1. The van der Waals surface area contributed by atoms with E-state index >= 15 is 0 Å². The number of fused-ring (bicyclic) bond motifs is 1. The zero-order valence-corrected chi connectivity index (χ0v) is 21.3. The second-order valence-corrected chi connectivity index (χ2v) is 8.47. The van der Waals surface area contributed by atoms with Gasteiger partial charge in [-0.1, -0.05) is 31.4 Å². The quantitative estimate of drug-likeness (QED) is 0.235. The number of nitrogens with zero attached hydrogens (tertiary/aromatic N) is 4. The lowest BCUT2D eigenvalue weighted by atomic mass is 9.94. The topological polar surface area (TPSA) is 73.7 Å². The highest BCUT2D eigenvalue weighted by atomic mass is 19.3. The Morgan fingerprint density at radius 3 is 2.53 bits per heavy atom. The first kappa shape index (κ1) is 28.6. The van der Waals surface area contributed by atoms with Crippen LogP contribution in [-0.4, -0.2) is 46.7 Å². The largest absolute Gasteiger partial charge is 0.357 e. The average molecular weight is 496 g/mol. The summed E-state index contributed by atoms with van der Waals surface area (Å²) in [5.74, 6) is 1.26. The molecule has 192 valence electrons. The van der Waals surface area contributed by atoms with Crippen molar-refractivity contribution in [3.8, 4) is 0 Å². The molecule has 1 aliphatic heterocycles. The van der Waals surface area contributed by atoms with Crippen LogP contribution in [0.2, 0.25) is 0 Å². The highest BCUT2D eigenvalue weighted by Crippen LogP contribution is 2.23. The average Bonchev–Trinajstić information content (AvgIpc) is 3.36. The highest BCUT2D eigenvalue weighted by molar-refractivity contribution is 5.87. The Bertz CT molecular complexity index is 1150. The van der Waals surface area contributed by atoms with E-state index in [1.807, 2.05) is 32.9 Å². The van der Waals surface area contributed by atoms with Gasteiger partial charge >= 0.3 is 0 Å². The zero-order valence-electron chi connectivity index (χ0n) is 21.3. The third-order valence-electron chi connectivity index (χ3n) is 5.98. The van der Waals surface area contributed by atoms with E-state index in [9.17, 15) is 13.6 Å². The summed E-state index contributed by atoms with van der Waals surface area (Å²) in [6.07, 6.45) is 10.3. The number of piperidine rings is 1. The van der Waals surface area contributed by atoms with Gasteiger partial charge in [-0.05, 0) is 57.2 Å². The molecule has 0 spiro atoms. The summed E-state index contributed by atoms with van der Waals surface area (Å²) in [6, 6.07) is 4.37. The molecule has 1 aliphatic rings. The molecular weight excluding hydrogens is 460 g/mol. The van der Waals surface area contributed by atoms with E-state index in [4.69, 9.17) is 0 Å². The van der Waals surface area contributed by atoms with Crippen LogP contribution in [0.4, 0.5) is 8.78 Å². The van der Waals surface area contributed by atoms with Gasteiger partial charge in [-0.25, -0.2) is 18.8 Å². The molecule has 1 aromatic heterocycles. The Labute approximate surface area is 211 Å². The molecule has 3 rings (SSSR count). The molecule has 0 bridgehead atoms. The predicted molar refractivity (Wildman–Crippen MR) is 144 cm³/mol. The lowest BCUT2D eigenvalue weighted by Gasteiger charge is -2.32. The van der Waals surface area contributed by atoms with Gasteiger partial charge in [0.2, 0.25) is 0 Å². The Morgan fingerprint density at radius 1 is 1.19 bits per heavy atom. The third-order valence-corrected chi connectivity index (χ3v) is 5.98. The molecule has 8 heteroatoms. The second-order valence-electron chi connectivity index (χ2n) is 8.47. The molecule has 0 radical (unpaired) electrons. The van der Waals surface area contributed by atoms with Crippen molar-refractivity contribution in [2.75, 3.05) is 13.1 Å². The van der Waals surface area contributed by atoms with Crippen LogP contribution in [0.3, 0.4) is 0 Å². The van der Waals surface area contributed by atoms with E-state index in [1.165, 1.54) is 18.5 Å². The molecule has 0 saturated carbocycles. The molecule has 36 heavy (non-hydrogen) atoms. The predicted octanol–water partition coefficient (Wildman–Crippen LogP) is 6.83. The van der Waals surface area contributed by atoms with Crippen LogP contribution in [0.5, 0.6) is 0 Å². The Morgan fingerprint density at radius 2 is 1.92 bits per heavy atom. The molecule has 2 aromatic rings. The summed E-state index contributed by atoms with van der Waals surface area (Å²) in [7, 11) is 0. The number of rotatable bonds is 9. The molecule has 2 heterocycles. The van der Waals surface area contributed by atoms with Gasteiger partial charge in [0.1, 0.15) is 12.1 Å². The monoisotopic (exact) mass is 495 g/mol. The number of halogens is 2. The number of allylic oxidation sites excluding steroid dienone is 4. The fourth-order valence-electron chi connectivity index (χ4n) is 3.52. The van der Waals surface area contributed by atoms with Crippen molar-refractivity contribution in [1.29, 1.82) is 0 Å². The fourth-order valence-corrected chi connectivity index (χ4v) is 3.52. The number of carbonyl (C=O) groups is 1. The summed E-state index contributed by atoms with van der Waals surface area (Å²) in [5, 5.41) is 0. The molecule has 1 N–H and O–H groups in total. The number of aromatic nitrogens is 2. The van der Waals surface area contributed by atoms with Crippen molar-refractivity contribution in [1.82, 2.24) is 14.9 Å². The van der Waals surface area contributed by atoms with Gasteiger partial charge in [0, 0.05) is 43.1 Å². The molecule has 0 aliphatic carbocycles. The molecule has 0 amide bonds. The van der Waals surface area contributed by atoms with E-state index in [0.717, 1.165) is 49.2 Å². The number of H-pyrrole nitrogens is 1. The molecule has 1 saturated heterocycles. The number of carbonyl (C=O) groups excluding carboxylic acids is 1. The van der Waals surface area contributed by atoms with Gasteiger partial charge in [-0.2, -0.15) is 0 Å². The van der Waals surface area contributed by atoms with Crippen LogP contribution in [0.25, 0.3) is 11.0 Å². The first-order valence-corrected chi connectivity index (χ1v) is 11.9. The first-order valence-electron chi connectivity index (χ1n) is 11.9. The number of imidazole rings is 1. The molecule has 0 atom stereocenters. The standard InChI is InChI=1S/C20H29N3O.C8H6F2N2/c1-6-16(3)14-21-17(4)20(7-2)15-22-18(5)23-11-8-19(9-12-23)10-13-24;9-8(10)5-1-2-6-7(3-5)12-4-11-6/h6-7,13-15,19H,4-5,8-12H2,1-3H3;1-4,8H,(H,11,12)/b16-6-,20-7+,21-14?,22-15-;. The number of hydrogen-bond donors (Lipinski definition) is 1. The van der Waals surface area contributed by atoms with Gasteiger partial charge in [-0.15, -0.1) is 0 Å². The maximum atomic E-state index is 12.2. The van der Waals surface area contributed by atoms with Crippen LogP contribution in [0.15, 0.2) is 82.5 Å². The molecule has 6 nitrogen and oxygen atoms in total. The molecule has 0 unspecified atom stereocenters. The number of alkyl halides is 2. The van der Waals surface area contributed by atoms with Crippen LogP contribution in [-0.2, 0) is 4.79 Å². The van der Waals surface area contributed by atoms with Gasteiger partial charge in [0.05, 0.1) is 23.1 Å². The number of benzene rings is 1. The second kappa shape index (κ2) is 14.7. The highest BCUT2D eigenvalue weighted by Gasteiger charge is 2.19. The van der Waals surface area contributed by atoms with Crippen LogP contribution >= 0.6 is 0 Å². The lowest BCUT2D eigenvalue weighted by molar-refractivity contribution is -0.108. The van der Waals surface area contributed by atoms with Gasteiger partial charge in [0.15, 0.2) is 0 Å². The Hall–Kier alpha value is -3.68. The summed E-state index contributed by atoms with van der Waals surface area (Å²) in [4.78, 5) is 28.3. The fraction of sp³-hybridized carbons (Fsp3) is 0.357. The molecule has 1 fully saturated rings. The summed E-state index contributed by atoms with van der Waals surface area (Å²) >= 11 is 0. The smallest absolute Gasteiger partial charge is 0.263 e. The van der Waals surface area contributed by atoms with Gasteiger partial charge < -0.3 is 14.7 Å². The lowest BCUT2D eigenvalue weighted by Crippen LogP contribution is -2.32. The summed E-state index contributed by atoms with van der Waals surface area (Å²) < 4.78 is 24.3. The number of likely N-dealkylation sites (tertiary alicyclic amines) is 1. The third kappa shape index (κ3) is 8.83. The van der Waals surface area contributed by atoms with Gasteiger partial charge in [0.25, 0.3) is 6.43 Å². The maximum Gasteiger partial charge on any atom is 0.263 e. The Balaban J connectivity index is 0.000000313. The van der Waals surface area contributed by atoms with E-state index in [1.54, 1.807) is 18.5 Å². The number of hydrogen-bond acceptors (Lipinski definition) is 5. The normalized spacial score (nSPS) is 15.6. The van der Waals surface area contributed by atoms with Crippen molar-refractivity contribution in [2.45, 2.75) is 46.5 Å². The van der Waals surface area contributed by atoms with Crippen molar-refractivity contribution in [2.24, 2.45) is 15.9 Å². The summed E-state index contributed by atoms with van der Waals surface area (Å²) in [6.45, 7) is 15.8. The molecule has 1 aromatic carbocycles. The maximum absolute atomic E-state index is 12.2. The minimum Gasteiger partial charge on any atom is -0.357 e. The summed E-state index contributed by atoms with van der Waals surface area (Å²) in [5.41, 5.74) is 4.03. The minimum atomic E-state index is -2.42. The van der Waals surface area contributed by atoms with Crippen LogP contribution < -0.4 is 0 Å². The number of aldehydes is 1. The van der Waals surface area contributed by atoms with Crippen LogP contribution in [0.1, 0.15) is 52.0 Å². The van der Waals surface area contributed by atoms with E-state index < -0.39 is 6.43 Å². The van der Waals surface area contributed by atoms with Gasteiger partial charge in [-0.3, -0.25) is 4.99 Å². The first-order chi connectivity index (χ1) is 17.3. The van der Waals surface area contributed by atoms with E-state index in [0.29, 0.717) is 29.1 Å². The van der Waals surface area contributed by atoms with Crippen LogP contribution in [0, 0.1) is 5.92 Å². The van der Waals surface area contributed by atoms with Crippen molar-refractivity contribution in [3.05, 3.63) is 78.1 Å². The molecular formula is C28H35F2N5O. The number of aliphatic imine (C=N–C) groups is 2. The zero-order chi connectivity index (χ0) is 26.5. The SMILES string of the molecule is C=C(N=C/C(C)=C\C)C(/C=N\C(=C)N1CCC(CC=O)CC1)=C/C.FC(F)c1ccc2nc[nH]c2c1. The van der Waals surface area contributed by atoms with E-state index in [-0.39, 0.29) is 5.56 Å². The van der Waals surface area contributed by atoms with E-state index in [2.05, 4.69) is 38.0 Å². The Kier molecular flexibility index (Phi) is 11.6. The van der Waals surface area contributed by atoms with Crippen molar-refractivity contribution >= 4 is 29.7 Å².